The second kappa shape index (κ2) is 7.33. The maximum absolute atomic E-state index is 11.7. The van der Waals surface area contributed by atoms with Crippen LogP contribution in [0.4, 0.5) is 5.69 Å². The zero-order chi connectivity index (χ0) is 16.1. The Bertz CT molecular complexity index is 522. The minimum Gasteiger partial charge on any atom is -0.384 e. The summed E-state index contributed by atoms with van der Waals surface area (Å²) in [6.45, 7) is 5.17. The third kappa shape index (κ3) is 4.25. The lowest BCUT2D eigenvalue weighted by Crippen LogP contribution is -2.51. The third-order valence-corrected chi connectivity index (χ3v) is 3.91. The molecule has 7 heteroatoms. The largest absolute Gasteiger partial charge is 0.384 e. The Morgan fingerprint density at radius 3 is 2.36 bits per heavy atom. The van der Waals surface area contributed by atoms with Gasteiger partial charge >= 0.3 is 0 Å². The number of piperazine rings is 1. The molecule has 1 heterocycles. The summed E-state index contributed by atoms with van der Waals surface area (Å²) >= 11 is 0. The van der Waals surface area contributed by atoms with Crippen LogP contribution in [0.2, 0.25) is 0 Å². The lowest BCUT2D eigenvalue weighted by atomic mass is 10.1. The van der Waals surface area contributed by atoms with Gasteiger partial charge < -0.3 is 10.0 Å². The van der Waals surface area contributed by atoms with Crippen molar-refractivity contribution in [1.29, 1.82) is 0 Å². The summed E-state index contributed by atoms with van der Waals surface area (Å²) in [5.74, 6) is -0.213. The molecule has 1 saturated heterocycles. The standard InChI is InChI=1S/C15H21N3O4/c1-12(19)15(20)17-10-8-16(9-11-17)7-6-13-2-4-14(5-3-13)18(21)22/h2-5,12,19H,6-11H2,1H3/t12-/m0/s1. The normalized spacial score (nSPS) is 17.3. The van der Waals surface area contributed by atoms with E-state index in [1.54, 1.807) is 17.0 Å². The van der Waals surface area contributed by atoms with Crippen molar-refractivity contribution in [2.45, 2.75) is 19.4 Å². The summed E-state index contributed by atoms with van der Waals surface area (Å²) in [5, 5.41) is 19.9. The van der Waals surface area contributed by atoms with Crippen LogP contribution in [0.25, 0.3) is 0 Å². The van der Waals surface area contributed by atoms with Crippen molar-refractivity contribution in [2.24, 2.45) is 0 Å². The highest BCUT2D eigenvalue weighted by atomic mass is 16.6. The molecule has 0 aliphatic carbocycles. The van der Waals surface area contributed by atoms with Crippen molar-refractivity contribution < 1.29 is 14.8 Å². The van der Waals surface area contributed by atoms with Gasteiger partial charge in [0.15, 0.2) is 0 Å². The summed E-state index contributed by atoms with van der Waals surface area (Å²) in [6, 6.07) is 6.61. The van der Waals surface area contributed by atoms with Gasteiger partial charge in [0.2, 0.25) is 0 Å². The molecule has 7 nitrogen and oxygen atoms in total. The highest BCUT2D eigenvalue weighted by Crippen LogP contribution is 2.13. The van der Waals surface area contributed by atoms with Gasteiger partial charge in [-0.2, -0.15) is 0 Å². The number of nitro benzene ring substituents is 1. The van der Waals surface area contributed by atoms with Crippen molar-refractivity contribution in [3.8, 4) is 0 Å². The van der Waals surface area contributed by atoms with E-state index in [1.165, 1.54) is 19.1 Å². The number of nitrogens with zero attached hydrogens (tertiary/aromatic N) is 3. The average Bonchev–Trinajstić information content (AvgIpc) is 2.53. The van der Waals surface area contributed by atoms with Gasteiger partial charge in [0, 0.05) is 44.9 Å². The fourth-order valence-corrected chi connectivity index (χ4v) is 2.53. The molecule has 22 heavy (non-hydrogen) atoms. The molecule has 1 N–H and O–H groups in total. The zero-order valence-electron chi connectivity index (χ0n) is 12.6. The number of carbonyl (C=O) groups is 1. The Morgan fingerprint density at radius 1 is 1.27 bits per heavy atom. The maximum atomic E-state index is 11.7. The Hall–Kier alpha value is -1.99. The minimum atomic E-state index is -0.938. The summed E-state index contributed by atoms with van der Waals surface area (Å²) in [4.78, 5) is 25.8. The van der Waals surface area contributed by atoms with Crippen LogP contribution in [0.1, 0.15) is 12.5 Å². The SMILES string of the molecule is C[C@H](O)C(=O)N1CCN(CCc2ccc([N+](=O)[O-])cc2)CC1. The van der Waals surface area contributed by atoms with Crippen molar-refractivity contribution in [3.05, 3.63) is 39.9 Å². The van der Waals surface area contributed by atoms with Gasteiger partial charge in [-0.1, -0.05) is 12.1 Å². The van der Waals surface area contributed by atoms with Crippen LogP contribution in [0.3, 0.4) is 0 Å². The number of aliphatic hydroxyl groups is 1. The number of non-ortho nitro benzene ring substituents is 1. The van der Waals surface area contributed by atoms with E-state index < -0.39 is 11.0 Å². The molecule has 0 spiro atoms. The Kier molecular flexibility index (Phi) is 5.46. The van der Waals surface area contributed by atoms with Gasteiger partial charge in [0.05, 0.1) is 4.92 Å². The monoisotopic (exact) mass is 307 g/mol. The van der Waals surface area contributed by atoms with E-state index in [9.17, 15) is 20.0 Å². The van der Waals surface area contributed by atoms with E-state index in [4.69, 9.17) is 0 Å². The molecule has 2 rings (SSSR count). The number of nitro groups is 1. The van der Waals surface area contributed by atoms with Crippen LogP contribution < -0.4 is 0 Å². The summed E-state index contributed by atoms with van der Waals surface area (Å²) in [6.07, 6.45) is -0.117. The smallest absolute Gasteiger partial charge is 0.269 e. The first-order valence-corrected chi connectivity index (χ1v) is 7.40. The molecular weight excluding hydrogens is 286 g/mol. The van der Waals surface area contributed by atoms with Crippen molar-refractivity contribution >= 4 is 11.6 Å². The Balaban J connectivity index is 1.77. The fourth-order valence-electron chi connectivity index (χ4n) is 2.53. The topological polar surface area (TPSA) is 86.9 Å². The van der Waals surface area contributed by atoms with E-state index in [0.29, 0.717) is 13.1 Å². The predicted octanol–water partition coefficient (Wildman–Crippen LogP) is 0.662. The molecule has 1 fully saturated rings. The Labute approximate surface area is 129 Å². The van der Waals surface area contributed by atoms with Crippen molar-refractivity contribution in [1.82, 2.24) is 9.80 Å². The second-order valence-electron chi connectivity index (χ2n) is 5.52. The summed E-state index contributed by atoms with van der Waals surface area (Å²) in [5.41, 5.74) is 1.17. The first-order valence-electron chi connectivity index (χ1n) is 7.40. The molecule has 0 bridgehead atoms. The maximum Gasteiger partial charge on any atom is 0.269 e. The van der Waals surface area contributed by atoms with Crippen molar-refractivity contribution in [3.63, 3.8) is 0 Å². The molecule has 0 unspecified atom stereocenters. The molecule has 0 saturated carbocycles. The molecule has 1 aliphatic heterocycles. The molecule has 1 amide bonds. The summed E-state index contributed by atoms with van der Waals surface area (Å²) in [7, 11) is 0. The lowest BCUT2D eigenvalue weighted by molar-refractivity contribution is -0.384. The van der Waals surface area contributed by atoms with Crippen LogP contribution in [-0.2, 0) is 11.2 Å². The molecular formula is C15H21N3O4. The van der Waals surface area contributed by atoms with Crippen LogP contribution in [0, 0.1) is 10.1 Å². The molecule has 1 aromatic rings. The average molecular weight is 307 g/mol. The van der Waals surface area contributed by atoms with Gasteiger partial charge in [0.25, 0.3) is 11.6 Å². The van der Waals surface area contributed by atoms with Crippen LogP contribution >= 0.6 is 0 Å². The second-order valence-corrected chi connectivity index (χ2v) is 5.52. The minimum absolute atomic E-state index is 0.106. The van der Waals surface area contributed by atoms with Gasteiger partial charge in [-0.15, -0.1) is 0 Å². The van der Waals surface area contributed by atoms with E-state index in [0.717, 1.165) is 31.6 Å². The number of hydrogen-bond acceptors (Lipinski definition) is 5. The molecule has 1 aromatic carbocycles. The van der Waals surface area contributed by atoms with Gasteiger partial charge in [-0.3, -0.25) is 19.8 Å². The van der Waals surface area contributed by atoms with E-state index in [-0.39, 0.29) is 11.6 Å². The molecule has 0 radical (unpaired) electrons. The first kappa shape index (κ1) is 16.4. The third-order valence-electron chi connectivity index (χ3n) is 3.91. The van der Waals surface area contributed by atoms with E-state index >= 15 is 0 Å². The van der Waals surface area contributed by atoms with Gasteiger partial charge in [-0.25, -0.2) is 0 Å². The number of carbonyl (C=O) groups excluding carboxylic acids is 1. The number of rotatable bonds is 5. The van der Waals surface area contributed by atoms with Crippen LogP contribution in [0.15, 0.2) is 24.3 Å². The molecule has 120 valence electrons. The summed E-state index contributed by atoms with van der Waals surface area (Å²) < 4.78 is 0. The molecule has 1 aliphatic rings. The number of hydrogen-bond donors (Lipinski definition) is 1. The first-order chi connectivity index (χ1) is 10.5. The highest BCUT2D eigenvalue weighted by molar-refractivity contribution is 5.80. The van der Waals surface area contributed by atoms with Crippen LogP contribution in [-0.4, -0.2) is 64.6 Å². The molecule has 0 aromatic heterocycles. The molecule has 1 atom stereocenters. The number of aliphatic hydroxyl groups excluding tert-OH is 1. The van der Waals surface area contributed by atoms with Crippen molar-refractivity contribution in [2.75, 3.05) is 32.7 Å². The fraction of sp³-hybridized carbons (Fsp3) is 0.533. The number of amides is 1. The highest BCUT2D eigenvalue weighted by Gasteiger charge is 2.23. The predicted molar refractivity (Wildman–Crippen MR) is 81.5 cm³/mol. The van der Waals surface area contributed by atoms with Crippen LogP contribution in [0.5, 0.6) is 0 Å². The van der Waals surface area contributed by atoms with E-state index in [2.05, 4.69) is 4.90 Å². The number of benzene rings is 1. The Morgan fingerprint density at radius 2 is 1.86 bits per heavy atom. The zero-order valence-corrected chi connectivity index (χ0v) is 12.6. The van der Waals surface area contributed by atoms with Gasteiger partial charge in [0.1, 0.15) is 6.10 Å². The van der Waals surface area contributed by atoms with E-state index in [1.807, 2.05) is 0 Å². The quantitative estimate of drug-likeness (QED) is 0.638. The lowest BCUT2D eigenvalue weighted by Gasteiger charge is -2.35. The van der Waals surface area contributed by atoms with Gasteiger partial charge in [-0.05, 0) is 18.9 Å².